The number of aromatic amines is 1. The Bertz CT molecular complexity index is 1120. The van der Waals surface area contributed by atoms with Crippen molar-refractivity contribution in [2.24, 2.45) is 0 Å². The number of para-hydroxylation sites is 1. The molecular formula is C23H17N3O. The minimum Gasteiger partial charge on any atom is -0.340 e. The molecule has 0 spiro atoms. The average molecular weight is 351 g/mol. The molecule has 1 atom stereocenters. The summed E-state index contributed by atoms with van der Waals surface area (Å²) in [6.45, 7) is 0. The van der Waals surface area contributed by atoms with E-state index in [9.17, 15) is 4.79 Å². The van der Waals surface area contributed by atoms with Crippen LogP contribution >= 0.6 is 0 Å². The van der Waals surface area contributed by atoms with Crippen molar-refractivity contribution in [2.45, 2.75) is 5.92 Å². The van der Waals surface area contributed by atoms with Crippen molar-refractivity contribution >= 4 is 11.6 Å². The first-order chi connectivity index (χ1) is 13.3. The second-order valence-corrected chi connectivity index (χ2v) is 6.59. The van der Waals surface area contributed by atoms with Gasteiger partial charge in [0.15, 0.2) is 0 Å². The summed E-state index contributed by atoms with van der Waals surface area (Å²) < 4.78 is 0. The van der Waals surface area contributed by atoms with Crippen molar-refractivity contribution in [3.05, 3.63) is 96.2 Å². The Kier molecular flexibility index (Phi) is 3.61. The average Bonchev–Trinajstić information content (AvgIpc) is 3.29. The Hall–Kier alpha value is -3.66. The van der Waals surface area contributed by atoms with E-state index in [0.29, 0.717) is 0 Å². The first kappa shape index (κ1) is 15.6. The standard InChI is InChI=1S/C23H17N3O/c27-23-19(17-13-7-8-14-18(17)24-23)21-20(15-9-3-1-4-10-15)25-22(26-21)16-11-5-2-6-12-16/h1-14,19H,(H,24,27)(H,25,26). The van der Waals surface area contributed by atoms with Crippen LogP contribution in [0.5, 0.6) is 0 Å². The Morgan fingerprint density at radius 3 is 2.11 bits per heavy atom. The maximum Gasteiger partial charge on any atom is 0.238 e. The van der Waals surface area contributed by atoms with Crippen LogP contribution in [0.3, 0.4) is 0 Å². The third-order valence-corrected chi connectivity index (χ3v) is 4.91. The number of nitrogens with one attached hydrogen (secondary N) is 2. The zero-order valence-electron chi connectivity index (χ0n) is 14.5. The van der Waals surface area contributed by atoms with Crippen molar-refractivity contribution in [1.29, 1.82) is 0 Å². The van der Waals surface area contributed by atoms with Crippen LogP contribution in [0.4, 0.5) is 5.69 Å². The topological polar surface area (TPSA) is 57.8 Å². The molecule has 1 aromatic heterocycles. The van der Waals surface area contributed by atoms with Gasteiger partial charge in [-0.3, -0.25) is 4.79 Å². The number of amides is 1. The molecule has 2 N–H and O–H groups in total. The zero-order chi connectivity index (χ0) is 18.2. The molecular weight excluding hydrogens is 334 g/mol. The monoisotopic (exact) mass is 351 g/mol. The maximum absolute atomic E-state index is 12.8. The van der Waals surface area contributed by atoms with Crippen LogP contribution in [0.25, 0.3) is 22.6 Å². The van der Waals surface area contributed by atoms with E-state index >= 15 is 0 Å². The lowest BCUT2D eigenvalue weighted by Gasteiger charge is -2.09. The van der Waals surface area contributed by atoms with E-state index < -0.39 is 5.92 Å². The number of nitrogens with zero attached hydrogens (tertiary/aromatic N) is 1. The molecule has 0 saturated carbocycles. The van der Waals surface area contributed by atoms with Crippen LogP contribution in [-0.2, 0) is 4.79 Å². The molecule has 0 aliphatic carbocycles. The van der Waals surface area contributed by atoms with Gasteiger partial charge in [-0.05, 0) is 11.6 Å². The van der Waals surface area contributed by atoms with Gasteiger partial charge >= 0.3 is 0 Å². The van der Waals surface area contributed by atoms with E-state index in [2.05, 4.69) is 10.3 Å². The van der Waals surface area contributed by atoms with Gasteiger partial charge in [0.25, 0.3) is 0 Å². The van der Waals surface area contributed by atoms with Gasteiger partial charge in [-0.1, -0.05) is 78.9 Å². The van der Waals surface area contributed by atoms with E-state index in [1.54, 1.807) is 0 Å². The van der Waals surface area contributed by atoms with Crippen LogP contribution in [0.2, 0.25) is 0 Å². The zero-order valence-corrected chi connectivity index (χ0v) is 14.5. The van der Waals surface area contributed by atoms with E-state index in [0.717, 1.165) is 39.6 Å². The minimum atomic E-state index is -0.402. The van der Waals surface area contributed by atoms with Gasteiger partial charge in [0, 0.05) is 16.8 Å². The second-order valence-electron chi connectivity index (χ2n) is 6.59. The van der Waals surface area contributed by atoms with Crippen LogP contribution in [0.1, 0.15) is 17.2 Å². The molecule has 0 bridgehead atoms. The van der Waals surface area contributed by atoms with Gasteiger partial charge in [0.05, 0.1) is 11.4 Å². The predicted molar refractivity (Wildman–Crippen MR) is 106 cm³/mol. The molecule has 0 radical (unpaired) electrons. The van der Waals surface area contributed by atoms with E-state index in [-0.39, 0.29) is 5.91 Å². The second kappa shape index (κ2) is 6.25. The molecule has 27 heavy (non-hydrogen) atoms. The number of carbonyl (C=O) groups excluding carboxylic acids is 1. The Balaban J connectivity index is 1.72. The van der Waals surface area contributed by atoms with Crippen LogP contribution in [0, 0.1) is 0 Å². The first-order valence-corrected chi connectivity index (χ1v) is 8.92. The van der Waals surface area contributed by atoms with Crippen molar-refractivity contribution in [3.8, 4) is 22.6 Å². The van der Waals surface area contributed by atoms with E-state index in [1.807, 2.05) is 84.9 Å². The highest BCUT2D eigenvalue weighted by Crippen LogP contribution is 2.40. The number of imidazole rings is 1. The van der Waals surface area contributed by atoms with Gasteiger partial charge in [-0.2, -0.15) is 0 Å². The number of fused-ring (bicyclic) bond motifs is 1. The molecule has 0 saturated heterocycles. The number of carbonyl (C=O) groups is 1. The lowest BCUT2D eigenvalue weighted by molar-refractivity contribution is -0.116. The fourth-order valence-corrected chi connectivity index (χ4v) is 3.64. The largest absolute Gasteiger partial charge is 0.340 e. The van der Waals surface area contributed by atoms with Crippen LogP contribution in [0.15, 0.2) is 84.9 Å². The smallest absolute Gasteiger partial charge is 0.238 e. The SMILES string of the molecule is O=C1Nc2ccccc2C1c1[nH]c(-c2ccccc2)nc1-c1ccccc1. The number of benzene rings is 3. The molecule has 4 nitrogen and oxygen atoms in total. The Morgan fingerprint density at radius 1 is 0.741 bits per heavy atom. The summed E-state index contributed by atoms with van der Waals surface area (Å²) in [5.74, 6) is 0.333. The quantitative estimate of drug-likeness (QED) is 0.555. The van der Waals surface area contributed by atoms with E-state index in [1.165, 1.54) is 0 Å². The van der Waals surface area contributed by atoms with Crippen molar-refractivity contribution < 1.29 is 4.79 Å². The number of H-pyrrole nitrogens is 1. The fraction of sp³-hybridized carbons (Fsp3) is 0.0435. The normalized spacial score (nSPS) is 15.4. The summed E-state index contributed by atoms with van der Waals surface area (Å²) in [4.78, 5) is 21.1. The third-order valence-electron chi connectivity index (χ3n) is 4.91. The van der Waals surface area contributed by atoms with Crippen LogP contribution in [-0.4, -0.2) is 15.9 Å². The number of anilines is 1. The van der Waals surface area contributed by atoms with Crippen molar-refractivity contribution in [1.82, 2.24) is 9.97 Å². The number of aromatic nitrogens is 2. The number of rotatable bonds is 3. The Labute approximate surface area is 156 Å². The molecule has 1 unspecified atom stereocenters. The summed E-state index contributed by atoms with van der Waals surface area (Å²) in [7, 11) is 0. The Morgan fingerprint density at radius 2 is 1.37 bits per heavy atom. The molecule has 0 fully saturated rings. The highest BCUT2D eigenvalue weighted by atomic mass is 16.2. The molecule has 4 aromatic rings. The minimum absolute atomic E-state index is 0.0309. The summed E-state index contributed by atoms with van der Waals surface area (Å²) in [6, 6.07) is 27.8. The summed E-state index contributed by atoms with van der Waals surface area (Å²) in [5.41, 5.74) is 5.45. The molecule has 130 valence electrons. The molecule has 2 heterocycles. The lowest BCUT2D eigenvalue weighted by atomic mass is 9.94. The molecule has 1 aliphatic heterocycles. The first-order valence-electron chi connectivity index (χ1n) is 8.92. The van der Waals surface area contributed by atoms with Gasteiger partial charge in [0.2, 0.25) is 5.91 Å². The number of hydrogen-bond donors (Lipinski definition) is 2. The highest BCUT2D eigenvalue weighted by Gasteiger charge is 2.35. The molecule has 1 amide bonds. The summed E-state index contributed by atoms with van der Waals surface area (Å²) in [6.07, 6.45) is 0. The molecule has 3 aromatic carbocycles. The van der Waals surface area contributed by atoms with Crippen LogP contribution < -0.4 is 5.32 Å². The van der Waals surface area contributed by atoms with Gasteiger partial charge in [0.1, 0.15) is 11.7 Å². The van der Waals surface area contributed by atoms with Gasteiger partial charge in [-0.15, -0.1) is 0 Å². The van der Waals surface area contributed by atoms with Gasteiger partial charge < -0.3 is 10.3 Å². The van der Waals surface area contributed by atoms with Crippen molar-refractivity contribution in [2.75, 3.05) is 5.32 Å². The van der Waals surface area contributed by atoms with Gasteiger partial charge in [-0.25, -0.2) is 4.98 Å². The highest BCUT2D eigenvalue weighted by molar-refractivity contribution is 6.05. The van der Waals surface area contributed by atoms with E-state index in [4.69, 9.17) is 4.98 Å². The van der Waals surface area contributed by atoms with Crippen molar-refractivity contribution in [3.63, 3.8) is 0 Å². The maximum atomic E-state index is 12.8. The molecule has 1 aliphatic rings. The lowest BCUT2D eigenvalue weighted by Crippen LogP contribution is -2.14. The fourth-order valence-electron chi connectivity index (χ4n) is 3.64. The number of hydrogen-bond acceptors (Lipinski definition) is 2. The molecule has 5 rings (SSSR count). The molecule has 4 heteroatoms. The predicted octanol–water partition coefficient (Wildman–Crippen LogP) is 4.83. The third kappa shape index (κ3) is 2.62. The summed E-state index contributed by atoms with van der Waals surface area (Å²) in [5, 5.41) is 2.99. The summed E-state index contributed by atoms with van der Waals surface area (Å²) >= 11 is 0.